The molecule has 4 heavy (non-hydrogen) atoms. The molecule has 0 saturated carbocycles. The quantitative estimate of drug-likeness (QED) is 0.485. The van der Waals surface area contributed by atoms with Crippen molar-refractivity contribution < 1.29 is 46.0 Å². The second kappa shape index (κ2) is 19.2. The van der Waals surface area contributed by atoms with Crippen LogP contribution in [0.3, 0.4) is 0 Å². The van der Waals surface area contributed by atoms with Crippen molar-refractivity contribution in [2.75, 3.05) is 0 Å². The Morgan fingerprint density at radius 1 is 1.25 bits per heavy atom. The van der Waals surface area contributed by atoms with Gasteiger partial charge in [0.1, 0.15) is 0 Å². The number of rotatable bonds is 0. The third-order valence-corrected chi connectivity index (χ3v) is 0. The van der Waals surface area contributed by atoms with Crippen molar-refractivity contribution in [3.05, 3.63) is 0 Å². The van der Waals surface area contributed by atoms with Crippen molar-refractivity contribution >= 4 is 26.2 Å². The molecule has 0 N–H and O–H groups in total. The third-order valence-electron chi connectivity index (χ3n) is 0. The summed E-state index contributed by atoms with van der Waals surface area (Å²) in [4.78, 5) is 0. The molecular weight excluding hydrogens is 366 g/mol. The minimum absolute atomic E-state index is 0. The summed E-state index contributed by atoms with van der Waals surface area (Å²) in [6, 6.07) is 0. The maximum absolute atomic E-state index is 8.30. The van der Waals surface area contributed by atoms with Crippen molar-refractivity contribution in [1.29, 1.82) is 0 Å². The molecule has 0 fully saturated rings. The Hall–Kier alpha value is 2.14. The molecule has 23 valence electrons. The average molecular weight is 369 g/mol. The average Bonchev–Trinajstić information content (AvgIpc) is 1.00. The van der Waals surface area contributed by atoms with Gasteiger partial charge in [-0.05, 0) is 0 Å². The molecule has 0 bridgehead atoms. The Bertz CT molecular complexity index is 8.00. The first-order valence-corrected chi connectivity index (χ1v) is 1.08. The smallest absolute Gasteiger partial charge is 0 e. The van der Waals surface area contributed by atoms with Crippen LogP contribution in [0.2, 0.25) is 0 Å². The van der Waals surface area contributed by atoms with Gasteiger partial charge < -0.3 is 0 Å². The number of hydrogen-bond acceptors (Lipinski definition) is 1. The van der Waals surface area contributed by atoms with Crippen molar-refractivity contribution in [3.8, 4) is 0 Å². The Kier molecular flexibility index (Phi) is 79.2. The summed E-state index contributed by atoms with van der Waals surface area (Å²) in [6.07, 6.45) is 0. The second-order valence-electron chi connectivity index (χ2n) is 0. The Morgan fingerprint density at radius 2 is 1.25 bits per heavy atom. The van der Waals surface area contributed by atoms with Gasteiger partial charge in [-0.25, -0.2) is 0 Å². The molecule has 0 rings (SSSR count). The van der Waals surface area contributed by atoms with Gasteiger partial charge in [0.2, 0.25) is 0 Å². The number of hydrogen-bond donors (Lipinski definition) is 0. The first-order valence-electron chi connectivity index (χ1n) is 0.183. The maximum Gasteiger partial charge on any atom is 0 e. The van der Waals surface area contributed by atoms with E-state index in [2.05, 4.69) is 0 Å². The third kappa shape index (κ3) is 8.91. The molecule has 0 aliphatic heterocycles. The predicted molar refractivity (Wildman–Crippen MR) is 10.6 cm³/mol. The second-order valence-corrected chi connectivity index (χ2v) is 0. The molecule has 0 heterocycles. The van der Waals surface area contributed by atoms with Crippen LogP contribution in [0.1, 0.15) is 0 Å². The van der Waals surface area contributed by atoms with Crippen molar-refractivity contribution in [3.63, 3.8) is 0 Å². The Morgan fingerprint density at radius 3 is 1.25 bits per heavy atom. The molecule has 0 aromatic rings. The molecule has 0 spiro atoms. The van der Waals surface area contributed by atoms with E-state index in [1.807, 2.05) is 0 Å². The molecule has 0 atom stereocenters. The van der Waals surface area contributed by atoms with Gasteiger partial charge in [-0.3, -0.25) is 0 Å². The van der Waals surface area contributed by atoms with Crippen LogP contribution in [-0.4, -0.2) is 26.2 Å². The first-order chi connectivity index (χ1) is 1.00. The molecular formula is H3BiNbOTi. The van der Waals surface area contributed by atoms with Crippen LogP contribution >= 0.6 is 0 Å². The van der Waals surface area contributed by atoms with E-state index >= 15 is 0 Å². The standard InChI is InChI=1S/Bi.Nb.O.Ti.3H. The summed E-state index contributed by atoms with van der Waals surface area (Å²) >= 11 is 0.500. The van der Waals surface area contributed by atoms with Crippen molar-refractivity contribution in [2.24, 2.45) is 0 Å². The Balaban J connectivity index is -0.00000000500. The van der Waals surface area contributed by atoms with Crippen LogP contribution in [0, 0.1) is 0 Å². The molecule has 0 aliphatic rings. The van der Waals surface area contributed by atoms with Crippen LogP contribution in [0.15, 0.2) is 0 Å². The van der Waals surface area contributed by atoms with Crippen LogP contribution in [0.4, 0.5) is 0 Å². The summed E-state index contributed by atoms with van der Waals surface area (Å²) in [7, 11) is 0. The van der Waals surface area contributed by atoms with Gasteiger partial charge in [-0.15, -0.1) is 0 Å². The zero-order valence-electron chi connectivity index (χ0n) is 2.06. The maximum atomic E-state index is 8.30. The van der Waals surface area contributed by atoms with Crippen molar-refractivity contribution in [2.45, 2.75) is 0 Å². The summed E-state index contributed by atoms with van der Waals surface area (Å²) in [6.45, 7) is 0. The zero-order valence-corrected chi connectivity index (χ0v) is 11.3. The molecule has 4 heteroatoms. The molecule has 0 aromatic carbocycles. The van der Waals surface area contributed by atoms with E-state index in [4.69, 9.17) is 3.25 Å². The first kappa shape index (κ1) is 16.5. The van der Waals surface area contributed by atoms with E-state index in [0.29, 0.717) is 21.0 Å². The summed E-state index contributed by atoms with van der Waals surface area (Å²) < 4.78 is 8.30. The largest absolute Gasteiger partial charge is 0 e. The van der Waals surface area contributed by atoms with E-state index < -0.39 is 0 Å². The van der Waals surface area contributed by atoms with E-state index in [9.17, 15) is 0 Å². The normalized spacial score (nSPS) is 0.750. The summed E-state index contributed by atoms with van der Waals surface area (Å²) in [5, 5.41) is 0. The van der Waals surface area contributed by atoms with Crippen LogP contribution in [-0.2, 0) is 46.0 Å². The van der Waals surface area contributed by atoms with E-state index in [1.165, 1.54) is 0 Å². The molecule has 1 nitrogen and oxygen atoms in total. The van der Waals surface area contributed by atoms with E-state index in [1.54, 1.807) is 0 Å². The van der Waals surface area contributed by atoms with E-state index in [0.717, 1.165) is 0 Å². The van der Waals surface area contributed by atoms with Crippen LogP contribution in [0.5, 0.6) is 0 Å². The van der Waals surface area contributed by atoms with Gasteiger partial charge in [-0.1, -0.05) is 0 Å². The van der Waals surface area contributed by atoms with Crippen molar-refractivity contribution in [1.82, 2.24) is 0 Å². The SMILES string of the molecule is [BiH3].[O]=[Nb].[Ti]. The van der Waals surface area contributed by atoms with Gasteiger partial charge >= 0.3 is 50.5 Å². The monoisotopic (exact) mass is 369 g/mol. The fourth-order valence-corrected chi connectivity index (χ4v) is 0. The van der Waals surface area contributed by atoms with Gasteiger partial charge in [-0.2, -0.15) is 0 Å². The van der Waals surface area contributed by atoms with E-state index in [-0.39, 0.29) is 47.9 Å². The van der Waals surface area contributed by atoms with Gasteiger partial charge in [0.25, 0.3) is 0 Å². The molecule has 0 aromatic heterocycles. The van der Waals surface area contributed by atoms with Crippen LogP contribution < -0.4 is 0 Å². The van der Waals surface area contributed by atoms with Gasteiger partial charge in [0, 0.05) is 21.7 Å². The fourth-order valence-electron chi connectivity index (χ4n) is 0. The zero-order chi connectivity index (χ0) is 2.00. The molecule has 0 saturated heterocycles. The molecule has 0 unspecified atom stereocenters. The fraction of sp³-hybridized carbons (Fsp3) is 0. The predicted octanol–water partition coefficient (Wildman–Crippen LogP) is -1.31. The van der Waals surface area contributed by atoms with Crippen LogP contribution in [0.25, 0.3) is 0 Å². The summed E-state index contributed by atoms with van der Waals surface area (Å²) in [5.74, 6) is 0. The van der Waals surface area contributed by atoms with Gasteiger partial charge in [0.05, 0.1) is 0 Å². The summed E-state index contributed by atoms with van der Waals surface area (Å²) in [5.41, 5.74) is 0. The molecule has 0 aliphatic carbocycles. The minimum atomic E-state index is 0. The topological polar surface area (TPSA) is 17.1 Å². The molecule has 0 amide bonds. The van der Waals surface area contributed by atoms with Gasteiger partial charge in [0.15, 0.2) is 0 Å². The minimum Gasteiger partial charge on any atom is 0 e. The Labute approximate surface area is 71.2 Å². The molecule has 0 radical (unpaired) electrons.